The van der Waals surface area contributed by atoms with Crippen molar-refractivity contribution in [3.63, 3.8) is 0 Å². The number of amides is 2. The van der Waals surface area contributed by atoms with E-state index in [0.29, 0.717) is 22.5 Å². The van der Waals surface area contributed by atoms with E-state index < -0.39 is 0 Å². The Labute approximate surface area is 118 Å². The lowest BCUT2D eigenvalue weighted by Gasteiger charge is -2.05. The van der Waals surface area contributed by atoms with Crippen molar-refractivity contribution in [1.82, 2.24) is 0 Å². The van der Waals surface area contributed by atoms with Gasteiger partial charge in [-0.15, -0.1) is 11.3 Å². The molecule has 20 heavy (non-hydrogen) atoms. The number of hydrogen-bond donors (Lipinski definition) is 2. The summed E-state index contributed by atoms with van der Waals surface area (Å²) in [5.41, 5.74) is 2.48. The first-order valence-corrected chi connectivity index (χ1v) is 6.77. The third-order valence-electron chi connectivity index (χ3n) is 3.01. The number of carbonyl (C=O) groups excluding carboxylic acids is 2. The highest BCUT2D eigenvalue weighted by molar-refractivity contribution is 7.14. The second kappa shape index (κ2) is 4.79. The van der Waals surface area contributed by atoms with Gasteiger partial charge in [-0.25, -0.2) is 0 Å². The monoisotopic (exact) mass is 283 g/mol. The molecule has 1 aromatic heterocycles. The fraction of sp³-hybridized carbons (Fsp3) is 0.0714. The van der Waals surface area contributed by atoms with Gasteiger partial charge < -0.3 is 10.6 Å². The average Bonchev–Trinajstić information content (AvgIpc) is 3.02. The number of thiophene rings is 1. The Morgan fingerprint density at radius 2 is 2.25 bits per heavy atom. The van der Waals surface area contributed by atoms with Crippen LogP contribution >= 0.6 is 11.3 Å². The zero-order valence-corrected chi connectivity index (χ0v) is 11.1. The Balaban J connectivity index is 1.84. The average molecular weight is 283 g/mol. The van der Waals surface area contributed by atoms with Gasteiger partial charge >= 0.3 is 0 Å². The van der Waals surface area contributed by atoms with Gasteiger partial charge in [0.15, 0.2) is 0 Å². The number of carbonyl (C=O) groups is 2. The summed E-state index contributed by atoms with van der Waals surface area (Å²) in [5, 5.41) is 16.6. The molecule has 2 heterocycles. The molecule has 5 nitrogen and oxygen atoms in total. The highest BCUT2D eigenvalue weighted by Crippen LogP contribution is 2.26. The highest BCUT2D eigenvalue weighted by atomic mass is 32.1. The first-order chi connectivity index (χ1) is 9.67. The quantitative estimate of drug-likeness (QED) is 0.887. The van der Waals surface area contributed by atoms with Gasteiger partial charge in [0, 0.05) is 11.3 Å². The van der Waals surface area contributed by atoms with Crippen LogP contribution in [0.5, 0.6) is 0 Å². The molecule has 0 saturated carbocycles. The van der Waals surface area contributed by atoms with E-state index in [1.165, 1.54) is 11.3 Å². The summed E-state index contributed by atoms with van der Waals surface area (Å²) in [6, 6.07) is 8.75. The SMILES string of the molecule is N#Cc1ccsc1NC(=O)c1ccc2c(c1)CC(=O)N2. The highest BCUT2D eigenvalue weighted by Gasteiger charge is 2.19. The van der Waals surface area contributed by atoms with Crippen molar-refractivity contribution in [3.05, 3.63) is 46.3 Å². The van der Waals surface area contributed by atoms with Crippen molar-refractivity contribution in [1.29, 1.82) is 5.26 Å². The Kier molecular flexibility index (Phi) is 2.97. The van der Waals surface area contributed by atoms with Crippen molar-refractivity contribution in [2.24, 2.45) is 0 Å². The third-order valence-corrected chi connectivity index (χ3v) is 3.84. The fourth-order valence-corrected chi connectivity index (χ4v) is 2.77. The first-order valence-electron chi connectivity index (χ1n) is 5.89. The molecule has 1 aliphatic heterocycles. The van der Waals surface area contributed by atoms with Crippen LogP contribution in [0.3, 0.4) is 0 Å². The minimum absolute atomic E-state index is 0.0671. The smallest absolute Gasteiger partial charge is 0.256 e. The number of nitrogens with one attached hydrogen (secondary N) is 2. The van der Waals surface area contributed by atoms with Crippen LogP contribution in [0.25, 0.3) is 0 Å². The molecule has 0 atom stereocenters. The van der Waals surface area contributed by atoms with Crippen LogP contribution in [-0.2, 0) is 11.2 Å². The molecule has 2 amide bonds. The van der Waals surface area contributed by atoms with Crippen LogP contribution in [0, 0.1) is 11.3 Å². The van der Waals surface area contributed by atoms with E-state index in [4.69, 9.17) is 5.26 Å². The molecule has 1 aromatic carbocycles. The summed E-state index contributed by atoms with van der Waals surface area (Å²) >= 11 is 1.30. The van der Waals surface area contributed by atoms with Gasteiger partial charge in [0.05, 0.1) is 12.0 Å². The number of nitriles is 1. The zero-order valence-electron chi connectivity index (χ0n) is 10.3. The van der Waals surface area contributed by atoms with E-state index in [1.807, 2.05) is 6.07 Å². The van der Waals surface area contributed by atoms with Gasteiger partial charge in [-0.1, -0.05) is 0 Å². The molecule has 0 radical (unpaired) electrons. The molecule has 0 aliphatic carbocycles. The predicted octanol–water partition coefficient (Wildman–Crippen LogP) is 2.37. The second-order valence-electron chi connectivity index (χ2n) is 4.33. The molecule has 6 heteroatoms. The largest absolute Gasteiger partial charge is 0.326 e. The maximum absolute atomic E-state index is 12.1. The number of nitrogens with zero attached hydrogens (tertiary/aromatic N) is 1. The number of anilines is 2. The minimum Gasteiger partial charge on any atom is -0.326 e. The van der Waals surface area contributed by atoms with Gasteiger partial charge in [-0.2, -0.15) is 5.26 Å². The predicted molar refractivity (Wildman–Crippen MR) is 75.8 cm³/mol. The van der Waals surface area contributed by atoms with Crippen LogP contribution < -0.4 is 10.6 Å². The van der Waals surface area contributed by atoms with Crippen LogP contribution in [0.15, 0.2) is 29.6 Å². The molecular weight excluding hydrogens is 274 g/mol. The summed E-state index contributed by atoms with van der Waals surface area (Å²) in [6.45, 7) is 0. The Morgan fingerprint density at radius 3 is 3.05 bits per heavy atom. The molecule has 2 aromatic rings. The number of benzene rings is 1. The summed E-state index contributed by atoms with van der Waals surface area (Å²) < 4.78 is 0. The van der Waals surface area contributed by atoms with Crippen LogP contribution in [-0.4, -0.2) is 11.8 Å². The van der Waals surface area contributed by atoms with Gasteiger partial charge in [0.1, 0.15) is 11.1 Å². The van der Waals surface area contributed by atoms with Crippen molar-refractivity contribution < 1.29 is 9.59 Å². The van der Waals surface area contributed by atoms with E-state index >= 15 is 0 Å². The molecule has 0 fully saturated rings. The lowest BCUT2D eigenvalue weighted by Crippen LogP contribution is -2.11. The van der Waals surface area contributed by atoms with Crippen LogP contribution in [0.4, 0.5) is 10.7 Å². The normalized spacial score (nSPS) is 12.4. The van der Waals surface area contributed by atoms with E-state index in [2.05, 4.69) is 10.6 Å². The number of rotatable bonds is 2. The minimum atomic E-state index is -0.286. The standard InChI is InChI=1S/C14H9N3O2S/c15-7-9-3-4-20-14(9)17-13(19)8-1-2-11-10(5-8)6-12(18)16-11/h1-5H,6H2,(H,16,18)(H,17,19). The van der Waals surface area contributed by atoms with E-state index in [9.17, 15) is 9.59 Å². The van der Waals surface area contributed by atoms with Gasteiger partial charge in [-0.3, -0.25) is 9.59 Å². The molecule has 0 spiro atoms. The molecule has 0 bridgehead atoms. The van der Waals surface area contributed by atoms with Gasteiger partial charge in [-0.05, 0) is 35.2 Å². The summed E-state index contributed by atoms with van der Waals surface area (Å²) in [6.07, 6.45) is 0.291. The summed E-state index contributed by atoms with van der Waals surface area (Å²) in [7, 11) is 0. The number of hydrogen-bond acceptors (Lipinski definition) is 4. The second-order valence-corrected chi connectivity index (χ2v) is 5.24. The van der Waals surface area contributed by atoms with Crippen LogP contribution in [0.1, 0.15) is 21.5 Å². The fourth-order valence-electron chi connectivity index (χ4n) is 2.04. The van der Waals surface area contributed by atoms with Gasteiger partial charge in [0.2, 0.25) is 5.91 Å². The van der Waals surface area contributed by atoms with Crippen molar-refractivity contribution in [2.75, 3.05) is 10.6 Å². The van der Waals surface area contributed by atoms with Crippen molar-refractivity contribution >= 4 is 33.8 Å². The molecule has 1 aliphatic rings. The van der Waals surface area contributed by atoms with E-state index in [-0.39, 0.29) is 11.8 Å². The van der Waals surface area contributed by atoms with Crippen molar-refractivity contribution in [3.8, 4) is 6.07 Å². The lowest BCUT2D eigenvalue weighted by atomic mass is 10.1. The third kappa shape index (κ3) is 2.15. The van der Waals surface area contributed by atoms with E-state index in [1.54, 1.807) is 29.6 Å². The Bertz CT molecular complexity index is 758. The topological polar surface area (TPSA) is 82.0 Å². The number of fused-ring (bicyclic) bond motifs is 1. The van der Waals surface area contributed by atoms with E-state index in [0.717, 1.165) is 11.3 Å². The summed E-state index contributed by atoms with van der Waals surface area (Å²) in [5.74, 6) is -0.353. The molecule has 2 N–H and O–H groups in total. The van der Waals surface area contributed by atoms with Gasteiger partial charge in [0.25, 0.3) is 5.91 Å². The summed E-state index contributed by atoms with van der Waals surface area (Å²) in [4.78, 5) is 23.4. The molecule has 0 saturated heterocycles. The molecule has 0 unspecified atom stereocenters. The first kappa shape index (κ1) is 12.4. The maximum atomic E-state index is 12.1. The lowest BCUT2D eigenvalue weighted by molar-refractivity contribution is -0.115. The zero-order chi connectivity index (χ0) is 14.1. The van der Waals surface area contributed by atoms with Crippen LogP contribution in [0.2, 0.25) is 0 Å². The Hall–Kier alpha value is -2.65. The molecule has 98 valence electrons. The Morgan fingerprint density at radius 1 is 1.40 bits per heavy atom. The molecular formula is C14H9N3O2S. The maximum Gasteiger partial charge on any atom is 0.256 e. The molecule has 3 rings (SSSR count). The van der Waals surface area contributed by atoms with Crippen molar-refractivity contribution in [2.45, 2.75) is 6.42 Å².